The molecule has 238 valence electrons. The molecular weight excluding hydrogens is 625 g/mol. The van der Waals surface area contributed by atoms with Gasteiger partial charge in [0.2, 0.25) is 12.1 Å². The van der Waals surface area contributed by atoms with Crippen LogP contribution in [-0.2, 0) is 0 Å². The molecule has 0 saturated carbocycles. The summed E-state index contributed by atoms with van der Waals surface area (Å²) < 4.78 is 12.9. The fourth-order valence-electron chi connectivity index (χ4n) is 6.45. The SMILES string of the molecule is C1=CC(N(c2ccccc2)c2ccc3nc(-c4ccc(C5Nc6ccc(N(c7ccccc7)c7ccccc7)cc6O5)s4)oc3c2)=CCC1. The minimum Gasteiger partial charge on any atom is -0.463 e. The molecular formula is C42H32N4O2S. The van der Waals surface area contributed by atoms with E-state index in [1.807, 2.05) is 24.3 Å². The highest BCUT2D eigenvalue weighted by atomic mass is 32.1. The van der Waals surface area contributed by atoms with Gasteiger partial charge in [-0.25, -0.2) is 4.98 Å². The molecule has 2 aliphatic rings. The van der Waals surface area contributed by atoms with Crippen LogP contribution < -0.4 is 19.9 Å². The Morgan fingerprint density at radius 3 is 2.02 bits per heavy atom. The molecule has 6 nitrogen and oxygen atoms in total. The first kappa shape index (κ1) is 29.1. The number of nitrogens with zero attached hydrogens (tertiary/aromatic N) is 3. The van der Waals surface area contributed by atoms with Crippen LogP contribution in [0.5, 0.6) is 5.75 Å². The van der Waals surface area contributed by atoms with Crippen molar-refractivity contribution in [3.8, 4) is 16.5 Å². The Labute approximate surface area is 288 Å². The van der Waals surface area contributed by atoms with Crippen molar-refractivity contribution in [2.24, 2.45) is 0 Å². The number of allylic oxidation sites excluding steroid dienone is 3. The summed E-state index contributed by atoms with van der Waals surface area (Å²) in [6, 6.07) is 47.9. The topological polar surface area (TPSA) is 53.8 Å². The largest absolute Gasteiger partial charge is 0.463 e. The zero-order valence-corrected chi connectivity index (χ0v) is 27.4. The molecule has 0 spiro atoms. The Bertz CT molecular complexity index is 2270. The third-order valence-electron chi connectivity index (χ3n) is 8.76. The van der Waals surface area contributed by atoms with Crippen LogP contribution in [0.3, 0.4) is 0 Å². The summed E-state index contributed by atoms with van der Waals surface area (Å²) in [5, 5.41) is 3.56. The zero-order valence-electron chi connectivity index (χ0n) is 26.6. The lowest BCUT2D eigenvalue weighted by Gasteiger charge is -2.27. The van der Waals surface area contributed by atoms with Crippen LogP contribution in [0.2, 0.25) is 0 Å². The molecule has 1 unspecified atom stereocenters. The number of fused-ring (bicyclic) bond motifs is 2. The Kier molecular flexibility index (Phi) is 7.44. The van der Waals surface area contributed by atoms with Gasteiger partial charge in [0.05, 0.1) is 15.4 Å². The summed E-state index contributed by atoms with van der Waals surface area (Å²) >= 11 is 1.62. The van der Waals surface area contributed by atoms with Crippen molar-refractivity contribution < 1.29 is 9.15 Å². The van der Waals surface area contributed by atoms with E-state index in [0.717, 1.165) is 79.3 Å². The fraction of sp³-hybridized carbons (Fsp3) is 0.0714. The monoisotopic (exact) mass is 656 g/mol. The van der Waals surface area contributed by atoms with Gasteiger partial charge in [-0.15, -0.1) is 11.3 Å². The summed E-state index contributed by atoms with van der Waals surface area (Å²) in [4.78, 5) is 11.4. The van der Waals surface area contributed by atoms with Crippen LogP contribution >= 0.6 is 11.3 Å². The normalized spacial score (nSPS) is 14.9. The molecule has 49 heavy (non-hydrogen) atoms. The summed E-state index contributed by atoms with van der Waals surface area (Å²) in [7, 11) is 0. The number of aromatic nitrogens is 1. The number of benzene rings is 5. The standard InChI is InChI=1S/C42H32N4O2S/c1-5-13-29(14-6-1)45(30-15-7-2-8-16-30)33-21-23-35-37(27-33)47-41(43-35)39-25-26-40(49-39)42-44-36-24-22-34(28-38(36)48-42)46(31-17-9-3-10-18-31)32-19-11-4-12-20-32/h1-3,5-11,13-28,41,43H,4,12H2. The number of thiophene rings is 1. The Balaban J connectivity index is 0.976. The van der Waals surface area contributed by atoms with Gasteiger partial charge in [-0.2, -0.15) is 0 Å². The lowest BCUT2D eigenvalue weighted by molar-refractivity contribution is 0.264. The predicted molar refractivity (Wildman–Crippen MR) is 200 cm³/mol. The number of anilines is 6. The van der Waals surface area contributed by atoms with Crippen molar-refractivity contribution in [3.63, 3.8) is 0 Å². The maximum absolute atomic E-state index is 6.51. The Morgan fingerprint density at radius 1 is 0.653 bits per heavy atom. The number of para-hydroxylation sites is 3. The van der Waals surface area contributed by atoms with E-state index in [1.54, 1.807) is 11.3 Å². The van der Waals surface area contributed by atoms with Gasteiger partial charge in [-0.1, -0.05) is 66.7 Å². The molecule has 5 aromatic carbocycles. The van der Waals surface area contributed by atoms with Crippen LogP contribution in [0.15, 0.2) is 168 Å². The second-order valence-electron chi connectivity index (χ2n) is 12.0. The molecule has 1 aliphatic carbocycles. The Morgan fingerprint density at radius 2 is 1.33 bits per heavy atom. The number of rotatable bonds is 8. The average molecular weight is 657 g/mol. The first-order valence-corrected chi connectivity index (χ1v) is 17.3. The van der Waals surface area contributed by atoms with Crippen molar-refractivity contribution in [1.82, 2.24) is 4.98 Å². The van der Waals surface area contributed by atoms with Crippen molar-refractivity contribution >= 4 is 56.6 Å². The minimum absolute atomic E-state index is 0.307. The van der Waals surface area contributed by atoms with Crippen LogP contribution in [-0.4, -0.2) is 4.98 Å². The van der Waals surface area contributed by atoms with Crippen molar-refractivity contribution in [3.05, 3.63) is 168 Å². The van der Waals surface area contributed by atoms with E-state index in [-0.39, 0.29) is 6.23 Å². The smallest absolute Gasteiger partial charge is 0.237 e. The van der Waals surface area contributed by atoms with Crippen molar-refractivity contribution in [2.75, 3.05) is 15.1 Å². The van der Waals surface area contributed by atoms with Crippen LogP contribution in [0.1, 0.15) is 23.9 Å². The van der Waals surface area contributed by atoms with E-state index in [0.29, 0.717) is 5.89 Å². The van der Waals surface area contributed by atoms with Crippen molar-refractivity contribution in [1.29, 1.82) is 0 Å². The molecule has 0 radical (unpaired) electrons. The van der Waals surface area contributed by atoms with Crippen LogP contribution in [0.25, 0.3) is 21.9 Å². The zero-order chi connectivity index (χ0) is 32.6. The first-order chi connectivity index (χ1) is 24.3. The van der Waals surface area contributed by atoms with Gasteiger partial charge in [0.1, 0.15) is 11.3 Å². The third-order valence-corrected chi connectivity index (χ3v) is 9.87. The fourth-order valence-corrected chi connectivity index (χ4v) is 7.37. The lowest BCUT2D eigenvalue weighted by atomic mass is 10.1. The molecule has 0 amide bonds. The molecule has 3 heterocycles. The molecule has 7 aromatic rings. The first-order valence-electron chi connectivity index (χ1n) is 16.5. The average Bonchev–Trinajstić information content (AvgIpc) is 3.92. The number of ether oxygens (including phenoxy) is 1. The molecule has 9 rings (SSSR count). The van der Waals surface area contributed by atoms with E-state index in [1.165, 1.54) is 0 Å². The molecule has 0 bridgehead atoms. The van der Waals surface area contributed by atoms with Crippen LogP contribution in [0, 0.1) is 0 Å². The number of nitrogens with one attached hydrogen (secondary N) is 1. The number of hydrogen-bond donors (Lipinski definition) is 1. The summed E-state index contributed by atoms with van der Waals surface area (Å²) in [5.41, 5.74) is 9.02. The highest BCUT2D eigenvalue weighted by Gasteiger charge is 2.27. The molecule has 0 fully saturated rings. The lowest BCUT2D eigenvalue weighted by Crippen LogP contribution is -2.16. The maximum Gasteiger partial charge on any atom is 0.237 e. The number of hydrogen-bond acceptors (Lipinski definition) is 7. The van der Waals surface area contributed by atoms with Gasteiger partial charge in [0, 0.05) is 46.3 Å². The van der Waals surface area contributed by atoms with Gasteiger partial charge >= 0.3 is 0 Å². The highest BCUT2D eigenvalue weighted by Crippen LogP contribution is 2.45. The van der Waals surface area contributed by atoms with Gasteiger partial charge in [-0.3, -0.25) is 0 Å². The van der Waals surface area contributed by atoms with E-state index in [2.05, 4.69) is 149 Å². The van der Waals surface area contributed by atoms with Gasteiger partial charge in [0.15, 0.2) is 5.58 Å². The van der Waals surface area contributed by atoms with E-state index >= 15 is 0 Å². The second-order valence-corrected chi connectivity index (χ2v) is 13.1. The van der Waals surface area contributed by atoms with Gasteiger partial charge < -0.3 is 24.3 Å². The quantitative estimate of drug-likeness (QED) is 0.176. The molecule has 1 aliphatic heterocycles. The summed E-state index contributed by atoms with van der Waals surface area (Å²) in [6.45, 7) is 0. The van der Waals surface area contributed by atoms with Crippen LogP contribution in [0.4, 0.5) is 34.1 Å². The predicted octanol–water partition coefficient (Wildman–Crippen LogP) is 11.9. The van der Waals surface area contributed by atoms with Gasteiger partial charge in [-0.05, 0) is 91.7 Å². The molecule has 0 saturated heterocycles. The van der Waals surface area contributed by atoms with E-state index < -0.39 is 0 Å². The maximum atomic E-state index is 6.51. The molecule has 1 N–H and O–H groups in total. The van der Waals surface area contributed by atoms with Crippen molar-refractivity contribution in [2.45, 2.75) is 19.1 Å². The summed E-state index contributed by atoms with van der Waals surface area (Å²) in [5.74, 6) is 1.42. The molecule has 7 heteroatoms. The minimum atomic E-state index is -0.307. The Hall–Kier alpha value is -6.05. The summed E-state index contributed by atoms with van der Waals surface area (Å²) in [6.07, 6.45) is 8.50. The van der Waals surface area contributed by atoms with E-state index in [9.17, 15) is 0 Å². The van der Waals surface area contributed by atoms with E-state index in [4.69, 9.17) is 14.1 Å². The molecule has 1 atom stereocenters. The third kappa shape index (κ3) is 5.64. The number of oxazole rings is 1. The van der Waals surface area contributed by atoms with Gasteiger partial charge in [0.25, 0.3) is 0 Å². The second kappa shape index (κ2) is 12.5. The highest BCUT2D eigenvalue weighted by molar-refractivity contribution is 7.15. The molecule has 2 aromatic heterocycles.